The Balaban J connectivity index is 1.62. The molecule has 0 spiro atoms. The number of aliphatic hydroxyl groups excluding tert-OH is 2. The van der Waals surface area contributed by atoms with E-state index in [0.29, 0.717) is 18.4 Å². The number of carbonyl (C=O) groups is 2. The minimum absolute atomic E-state index is 0.00713. The van der Waals surface area contributed by atoms with E-state index in [2.05, 4.69) is 5.92 Å². The molecule has 0 saturated heterocycles. The molecule has 8 nitrogen and oxygen atoms in total. The molecule has 0 saturated carbocycles. The molecule has 0 aliphatic heterocycles. The number of allylic oxidation sites excluding steroid dienone is 5. The van der Waals surface area contributed by atoms with Gasteiger partial charge in [0.1, 0.15) is 45.0 Å². The Morgan fingerprint density at radius 2 is 1.94 bits per heavy atom. The lowest BCUT2D eigenvalue weighted by molar-refractivity contribution is -0.134. The molecule has 0 bridgehead atoms. The number of fused-ring (bicyclic) bond motifs is 3. The van der Waals surface area contributed by atoms with Crippen molar-refractivity contribution in [2.45, 2.75) is 37.7 Å². The lowest BCUT2D eigenvalue weighted by Crippen LogP contribution is -2.56. The van der Waals surface area contributed by atoms with E-state index in [0.717, 1.165) is 6.42 Å². The van der Waals surface area contributed by atoms with Gasteiger partial charge in [0.15, 0.2) is 11.5 Å². The molecular weight excluding hydrogens is 599 g/mol. The van der Waals surface area contributed by atoms with Crippen LogP contribution in [0, 0.1) is 24.2 Å². The van der Waals surface area contributed by atoms with E-state index >= 15 is 0 Å². The van der Waals surface area contributed by atoms with Gasteiger partial charge in [-0.15, -0.1) is 6.42 Å². The third-order valence-electron chi connectivity index (χ3n) is 7.22. The summed E-state index contributed by atoms with van der Waals surface area (Å²) in [6, 6.07) is 4.70. The van der Waals surface area contributed by atoms with Crippen molar-refractivity contribution >= 4 is 44.7 Å². The first-order valence-electron chi connectivity index (χ1n) is 11.3. The van der Waals surface area contributed by atoms with Gasteiger partial charge in [-0.2, -0.15) is 8.42 Å². The predicted octanol–water partition coefficient (Wildman–Crippen LogP) is 4.34. The number of rotatable bonds is 4. The van der Waals surface area contributed by atoms with Crippen LogP contribution < -0.4 is 4.18 Å². The van der Waals surface area contributed by atoms with Crippen molar-refractivity contribution in [2.75, 3.05) is 0 Å². The fraction of sp³-hybridized carbons (Fsp3) is 0.308. The molecule has 10 heteroatoms. The molecule has 0 heterocycles. The maximum atomic E-state index is 13.8. The highest BCUT2D eigenvalue weighted by Gasteiger charge is 2.60. The summed E-state index contributed by atoms with van der Waals surface area (Å²) in [5, 5.41) is 21.7. The van der Waals surface area contributed by atoms with Crippen LogP contribution in [-0.4, -0.2) is 35.8 Å². The largest absolute Gasteiger partial charge is 0.511 e. The number of hydrogen-bond acceptors (Lipinski definition) is 8. The van der Waals surface area contributed by atoms with E-state index in [1.165, 1.54) is 35.1 Å². The number of carbonyl (C=O) groups excluding carboxylic acids is 2. The van der Waals surface area contributed by atoms with E-state index in [-0.39, 0.29) is 46.0 Å². The van der Waals surface area contributed by atoms with Crippen LogP contribution in [0.15, 0.2) is 64.0 Å². The highest BCUT2D eigenvalue weighted by Crippen LogP contribution is 2.53. The topological polar surface area (TPSA) is 127 Å². The van der Waals surface area contributed by atoms with Gasteiger partial charge in [0.2, 0.25) is 11.4 Å². The highest BCUT2D eigenvalue weighted by molar-refractivity contribution is 14.1. The van der Waals surface area contributed by atoms with Crippen molar-refractivity contribution in [2.24, 2.45) is 11.8 Å². The number of halogens is 1. The SMILES string of the molecule is C#CC1=C(O)C[C@@H]2C[C@@H]3Cc4cccc(OS(=O)(=O)C5=CCCC=C5)c4C(=O)C3=C(O)[C@]2(OI)C1=O. The van der Waals surface area contributed by atoms with Crippen molar-refractivity contribution in [3.63, 3.8) is 0 Å². The monoisotopic (exact) mass is 620 g/mol. The van der Waals surface area contributed by atoms with Gasteiger partial charge < -0.3 is 14.4 Å². The second-order valence-corrected chi connectivity index (χ2v) is 11.1. The number of benzene rings is 1. The van der Waals surface area contributed by atoms with Gasteiger partial charge in [-0.25, -0.2) is 0 Å². The Hall–Kier alpha value is -2.88. The smallest absolute Gasteiger partial charge is 0.338 e. The molecule has 1 aromatic carbocycles. The molecule has 5 rings (SSSR count). The van der Waals surface area contributed by atoms with Crippen LogP contribution in [0.25, 0.3) is 0 Å². The van der Waals surface area contributed by atoms with E-state index in [1.807, 2.05) is 0 Å². The highest BCUT2D eigenvalue weighted by atomic mass is 127. The van der Waals surface area contributed by atoms with E-state index in [4.69, 9.17) is 13.7 Å². The standard InChI is InChI=1S/C26H21IO8S/c1-2-18-19(28)13-16-12-15-11-14-7-6-10-20(34-36(32,33)17-8-4-3-5-9-17)21(14)23(29)22(15)25(31)26(16,35-27)24(18)30/h1,4,6-10,15-16,28,31H,3,5,11-13H2/t15-,16-,26+/m0/s1. The van der Waals surface area contributed by atoms with Gasteiger partial charge in [0.25, 0.3) is 0 Å². The molecule has 4 aliphatic carbocycles. The molecule has 0 amide bonds. The molecule has 0 aromatic heterocycles. The summed E-state index contributed by atoms with van der Waals surface area (Å²) < 4.78 is 36.7. The Bertz CT molecular complexity index is 1470. The summed E-state index contributed by atoms with van der Waals surface area (Å²) in [6.07, 6.45) is 12.0. The average Bonchev–Trinajstić information content (AvgIpc) is 2.84. The number of aliphatic hydroxyl groups is 2. The molecule has 2 N–H and O–H groups in total. The Labute approximate surface area is 222 Å². The molecule has 186 valence electrons. The van der Waals surface area contributed by atoms with Crippen LogP contribution in [0.2, 0.25) is 0 Å². The minimum Gasteiger partial charge on any atom is -0.511 e. The summed E-state index contributed by atoms with van der Waals surface area (Å²) in [6.45, 7) is 0. The first-order chi connectivity index (χ1) is 17.2. The molecule has 4 aliphatic rings. The maximum Gasteiger partial charge on any atom is 0.338 e. The van der Waals surface area contributed by atoms with Crippen molar-refractivity contribution in [3.05, 3.63) is 75.1 Å². The van der Waals surface area contributed by atoms with Crippen LogP contribution >= 0.6 is 23.0 Å². The average molecular weight is 620 g/mol. The third-order valence-corrected chi connectivity index (χ3v) is 9.19. The van der Waals surface area contributed by atoms with Crippen molar-refractivity contribution in [3.8, 4) is 18.1 Å². The Kier molecular flexibility index (Phi) is 6.13. The van der Waals surface area contributed by atoms with Gasteiger partial charge in [-0.1, -0.05) is 30.2 Å². The zero-order valence-corrected chi connectivity index (χ0v) is 21.8. The fourth-order valence-corrected chi connectivity index (χ4v) is 7.39. The summed E-state index contributed by atoms with van der Waals surface area (Å²) >= 11 is 1.50. The normalized spacial score (nSPS) is 27.6. The fourth-order valence-electron chi connectivity index (χ4n) is 5.56. The van der Waals surface area contributed by atoms with Crippen molar-refractivity contribution in [1.82, 2.24) is 0 Å². The van der Waals surface area contributed by atoms with Crippen molar-refractivity contribution in [1.29, 1.82) is 0 Å². The first kappa shape index (κ1) is 24.8. The molecule has 0 fully saturated rings. The van der Waals surface area contributed by atoms with Gasteiger partial charge in [0, 0.05) is 17.9 Å². The number of ketones is 2. The van der Waals surface area contributed by atoms with Gasteiger partial charge in [-0.05, 0) is 49.3 Å². The van der Waals surface area contributed by atoms with E-state index < -0.39 is 44.9 Å². The van der Waals surface area contributed by atoms with Crippen LogP contribution in [0.4, 0.5) is 0 Å². The zero-order valence-electron chi connectivity index (χ0n) is 18.9. The van der Waals surface area contributed by atoms with Gasteiger partial charge in [-0.3, -0.25) is 12.7 Å². The molecule has 36 heavy (non-hydrogen) atoms. The second kappa shape index (κ2) is 8.90. The minimum atomic E-state index is -4.19. The Morgan fingerprint density at radius 1 is 1.17 bits per heavy atom. The number of hydrogen-bond donors (Lipinski definition) is 2. The van der Waals surface area contributed by atoms with Crippen molar-refractivity contribution < 1.29 is 35.5 Å². The quantitative estimate of drug-likeness (QED) is 0.289. The molecule has 1 aromatic rings. The zero-order chi connectivity index (χ0) is 25.8. The third kappa shape index (κ3) is 3.55. The van der Waals surface area contributed by atoms with Gasteiger partial charge >= 0.3 is 10.1 Å². The summed E-state index contributed by atoms with van der Waals surface area (Å²) in [4.78, 5) is 27.1. The van der Waals surface area contributed by atoms with E-state index in [1.54, 1.807) is 24.3 Å². The number of terminal acetylenes is 1. The summed E-state index contributed by atoms with van der Waals surface area (Å²) in [5.41, 5.74) is -1.68. The van der Waals surface area contributed by atoms with Gasteiger partial charge in [0.05, 0.1) is 5.56 Å². The lowest BCUT2D eigenvalue weighted by atomic mass is 9.60. The molecular formula is C26H21IO8S. The Morgan fingerprint density at radius 3 is 2.61 bits per heavy atom. The summed E-state index contributed by atoms with van der Waals surface area (Å²) in [5.74, 6) is -1.35. The van der Waals surface area contributed by atoms with Crippen LogP contribution in [0.3, 0.4) is 0 Å². The lowest BCUT2D eigenvalue weighted by Gasteiger charge is -2.46. The molecule has 3 atom stereocenters. The first-order valence-corrected chi connectivity index (χ1v) is 13.6. The summed E-state index contributed by atoms with van der Waals surface area (Å²) in [7, 11) is -4.19. The van der Waals surface area contributed by atoms with Crippen LogP contribution in [0.1, 0.15) is 41.6 Å². The molecule has 0 unspecified atom stereocenters. The predicted molar refractivity (Wildman–Crippen MR) is 138 cm³/mol. The van der Waals surface area contributed by atoms with Crippen LogP contribution in [-0.2, 0) is 24.4 Å². The van der Waals surface area contributed by atoms with Crippen LogP contribution in [0.5, 0.6) is 5.75 Å². The maximum absolute atomic E-state index is 13.8. The number of Topliss-reactive ketones (excluding diaryl/α,β-unsaturated/α-hetero) is 2. The second-order valence-electron chi connectivity index (χ2n) is 9.15. The van der Waals surface area contributed by atoms with E-state index in [9.17, 15) is 28.2 Å². The molecule has 0 radical (unpaired) electrons.